The number of thiazole rings is 1. The van der Waals surface area contributed by atoms with E-state index in [9.17, 15) is 29.1 Å². The van der Waals surface area contributed by atoms with Crippen molar-refractivity contribution in [2.45, 2.75) is 85.1 Å². The second-order valence-corrected chi connectivity index (χ2v) is 16.9. The van der Waals surface area contributed by atoms with E-state index in [1.807, 2.05) is 69.6 Å². The van der Waals surface area contributed by atoms with Crippen LogP contribution in [0.3, 0.4) is 0 Å². The molecule has 15 heteroatoms. The van der Waals surface area contributed by atoms with Crippen LogP contribution in [0.4, 0.5) is 10.5 Å². The summed E-state index contributed by atoms with van der Waals surface area (Å²) in [6.07, 6.45) is -0.458. The maximum absolute atomic E-state index is 13.9. The monoisotopic (exact) mass is 789 g/mol. The molecule has 302 valence electrons. The zero-order valence-electron chi connectivity index (χ0n) is 33.4. The Morgan fingerprint density at radius 1 is 0.946 bits per heavy atom. The Morgan fingerprint density at radius 3 is 2.21 bits per heavy atom. The van der Waals surface area contributed by atoms with Crippen LogP contribution in [0.2, 0.25) is 0 Å². The largest absolute Gasteiger partial charge is 0.444 e. The zero-order valence-corrected chi connectivity index (χ0v) is 34.2. The Bertz CT molecular complexity index is 1870. The van der Waals surface area contributed by atoms with Crippen LogP contribution in [0.25, 0.3) is 10.4 Å². The molecule has 0 unspecified atom stereocenters. The molecule has 0 spiro atoms. The van der Waals surface area contributed by atoms with Gasteiger partial charge in [0.2, 0.25) is 17.7 Å². The number of nitrogens with one attached hydrogen (secondary N) is 3. The number of nitrogens with zero attached hydrogens (tertiary/aromatic N) is 4. The van der Waals surface area contributed by atoms with Gasteiger partial charge < -0.3 is 40.5 Å². The van der Waals surface area contributed by atoms with E-state index in [0.29, 0.717) is 44.7 Å². The topological polar surface area (TPSA) is 174 Å². The average molecular weight is 790 g/mol. The molecule has 0 bridgehead atoms. The van der Waals surface area contributed by atoms with Gasteiger partial charge in [0.25, 0.3) is 5.91 Å². The summed E-state index contributed by atoms with van der Waals surface area (Å²) in [5, 5.41) is 18.9. The standard InChI is InChI=1S/C41H55N7O7S/c1-26-35(56-25-44-26)29-10-8-28(9-11-29)16-17-42-37(52)33-22-32(49)24-48(33)38(53)41(6,7)27(2)45-34(50)23-43-36(51)30-12-14-31(15-13-30)46-18-20-47(21-19-46)39(54)55-40(3,4)5/h8-15,25,27,32-33,49H,16-24H2,1-7H3,(H,42,52)(H,43,51)(H,45,50)/t27-,32+,33-/m0/s1. The van der Waals surface area contributed by atoms with Crippen LogP contribution >= 0.6 is 11.3 Å². The predicted octanol–water partition coefficient (Wildman–Crippen LogP) is 3.76. The molecule has 2 aliphatic rings. The van der Waals surface area contributed by atoms with Crippen LogP contribution in [0.5, 0.6) is 0 Å². The third kappa shape index (κ3) is 10.6. The number of hydrogen-bond acceptors (Lipinski definition) is 10. The third-order valence-corrected chi connectivity index (χ3v) is 11.3. The Morgan fingerprint density at radius 2 is 1.61 bits per heavy atom. The fourth-order valence-electron chi connectivity index (χ4n) is 6.72. The first kappa shape index (κ1) is 42.1. The van der Waals surface area contributed by atoms with Crippen molar-refractivity contribution in [3.05, 3.63) is 70.9 Å². The van der Waals surface area contributed by atoms with Crippen LogP contribution in [-0.2, 0) is 25.5 Å². The number of benzene rings is 2. The summed E-state index contributed by atoms with van der Waals surface area (Å²) < 4.78 is 5.47. The lowest BCUT2D eigenvalue weighted by Gasteiger charge is -2.36. The second-order valence-electron chi connectivity index (χ2n) is 16.1. The molecular formula is C41H55N7O7S. The number of β-amino-alcohol motifs (C(OH)–C–C–N with tert-alkyl or cyclic N) is 1. The SMILES string of the molecule is Cc1ncsc1-c1ccc(CCNC(=O)[C@@H]2C[C@@H](O)CN2C(=O)C(C)(C)[C@H](C)NC(=O)CNC(=O)c2ccc(N3CCN(C(=O)OC(C)(C)C)CC3)cc2)cc1. The number of likely N-dealkylation sites (tertiary alicyclic amines) is 1. The number of aromatic nitrogens is 1. The molecule has 5 rings (SSSR count). The van der Waals surface area contributed by atoms with Crippen molar-refractivity contribution in [1.82, 2.24) is 30.7 Å². The molecule has 14 nitrogen and oxygen atoms in total. The highest BCUT2D eigenvalue weighted by Crippen LogP contribution is 2.30. The van der Waals surface area contributed by atoms with Gasteiger partial charge >= 0.3 is 6.09 Å². The summed E-state index contributed by atoms with van der Waals surface area (Å²) >= 11 is 1.59. The highest BCUT2D eigenvalue weighted by Gasteiger charge is 2.46. The van der Waals surface area contributed by atoms with Crippen LogP contribution in [0, 0.1) is 12.3 Å². The first-order valence-electron chi connectivity index (χ1n) is 19.1. The molecule has 1 aromatic heterocycles. The lowest BCUT2D eigenvalue weighted by atomic mass is 9.83. The predicted molar refractivity (Wildman–Crippen MR) is 215 cm³/mol. The van der Waals surface area contributed by atoms with E-state index < -0.39 is 41.0 Å². The van der Waals surface area contributed by atoms with E-state index in [-0.39, 0.29) is 37.4 Å². The molecule has 0 radical (unpaired) electrons. The van der Waals surface area contributed by atoms with Gasteiger partial charge in [0, 0.05) is 63.0 Å². The number of carbonyl (C=O) groups is 5. The van der Waals surface area contributed by atoms with E-state index in [4.69, 9.17) is 4.74 Å². The third-order valence-electron chi connectivity index (χ3n) is 10.4. The number of amides is 5. The van der Waals surface area contributed by atoms with Gasteiger partial charge in [-0.15, -0.1) is 11.3 Å². The van der Waals surface area contributed by atoms with Crippen molar-refractivity contribution >= 4 is 46.7 Å². The minimum absolute atomic E-state index is 0.0105. The van der Waals surface area contributed by atoms with Crippen molar-refractivity contribution in [2.24, 2.45) is 5.41 Å². The van der Waals surface area contributed by atoms with Crippen molar-refractivity contribution in [3.63, 3.8) is 0 Å². The molecule has 4 N–H and O–H groups in total. The van der Waals surface area contributed by atoms with Gasteiger partial charge in [-0.05, 0) is 90.3 Å². The van der Waals surface area contributed by atoms with Gasteiger partial charge in [-0.3, -0.25) is 19.2 Å². The number of aliphatic hydroxyl groups is 1. The number of carbonyl (C=O) groups excluding carboxylic acids is 5. The van der Waals surface area contributed by atoms with Crippen molar-refractivity contribution < 1.29 is 33.8 Å². The number of hydrogen-bond donors (Lipinski definition) is 4. The molecule has 56 heavy (non-hydrogen) atoms. The van der Waals surface area contributed by atoms with E-state index in [1.165, 1.54) is 4.90 Å². The Labute approximate surface area is 333 Å². The molecule has 3 aromatic rings. The van der Waals surface area contributed by atoms with Gasteiger partial charge in [-0.25, -0.2) is 9.78 Å². The maximum atomic E-state index is 13.9. The Balaban J connectivity index is 1.06. The number of rotatable bonds is 12. The van der Waals surface area contributed by atoms with Crippen LogP contribution in [-0.4, -0.2) is 119 Å². The molecule has 2 aliphatic heterocycles. The summed E-state index contributed by atoms with van der Waals surface area (Å²) in [4.78, 5) is 76.1. The molecule has 2 saturated heterocycles. The molecule has 3 heterocycles. The molecule has 3 atom stereocenters. The quantitative estimate of drug-likeness (QED) is 0.213. The average Bonchev–Trinajstić information content (AvgIpc) is 3.78. The number of aliphatic hydroxyl groups excluding tert-OH is 1. The first-order chi connectivity index (χ1) is 26.4. The summed E-state index contributed by atoms with van der Waals surface area (Å²) in [6.45, 7) is 14.9. The van der Waals surface area contributed by atoms with Gasteiger partial charge in [-0.1, -0.05) is 24.3 Å². The highest BCUT2D eigenvalue weighted by atomic mass is 32.1. The van der Waals surface area contributed by atoms with Crippen molar-refractivity contribution in [2.75, 3.05) is 50.7 Å². The van der Waals surface area contributed by atoms with E-state index in [0.717, 1.165) is 27.4 Å². The van der Waals surface area contributed by atoms with E-state index in [2.05, 4.69) is 25.8 Å². The molecule has 0 aliphatic carbocycles. The fourth-order valence-corrected chi connectivity index (χ4v) is 7.54. The second kappa shape index (κ2) is 17.8. The van der Waals surface area contributed by atoms with E-state index >= 15 is 0 Å². The van der Waals surface area contributed by atoms with Crippen LogP contribution < -0.4 is 20.9 Å². The lowest BCUT2D eigenvalue weighted by Crippen LogP contribution is -2.56. The Kier molecular flexibility index (Phi) is 13.4. The molecule has 5 amide bonds. The summed E-state index contributed by atoms with van der Waals surface area (Å²) in [7, 11) is 0. The maximum Gasteiger partial charge on any atom is 0.410 e. The smallest absolute Gasteiger partial charge is 0.410 e. The number of ether oxygens (including phenoxy) is 1. The fraction of sp³-hybridized carbons (Fsp3) is 0.512. The normalized spacial score (nSPS) is 18.0. The number of aryl methyl sites for hydroxylation is 1. The molecule has 0 saturated carbocycles. The molecule has 2 aromatic carbocycles. The van der Waals surface area contributed by atoms with Crippen LogP contribution in [0.15, 0.2) is 54.0 Å². The van der Waals surface area contributed by atoms with Gasteiger partial charge in [0.05, 0.1) is 34.1 Å². The first-order valence-corrected chi connectivity index (χ1v) is 20.0. The summed E-state index contributed by atoms with van der Waals surface area (Å²) in [5.74, 6) is -1.60. The van der Waals surface area contributed by atoms with Gasteiger partial charge in [0.1, 0.15) is 11.6 Å². The Hall–Kier alpha value is -5.02. The molecular weight excluding hydrogens is 735 g/mol. The summed E-state index contributed by atoms with van der Waals surface area (Å²) in [6, 6.07) is 13.7. The lowest BCUT2D eigenvalue weighted by molar-refractivity contribution is -0.147. The zero-order chi connectivity index (χ0) is 40.8. The van der Waals surface area contributed by atoms with Crippen molar-refractivity contribution in [1.29, 1.82) is 0 Å². The highest BCUT2D eigenvalue weighted by molar-refractivity contribution is 7.13. The minimum atomic E-state index is -1.13. The van der Waals surface area contributed by atoms with Crippen molar-refractivity contribution in [3.8, 4) is 10.4 Å². The van der Waals surface area contributed by atoms with E-state index in [1.54, 1.807) is 49.1 Å². The number of anilines is 1. The van der Waals surface area contributed by atoms with Gasteiger partial charge in [-0.2, -0.15) is 0 Å². The van der Waals surface area contributed by atoms with Crippen LogP contribution in [0.1, 0.15) is 69.6 Å². The molecule has 2 fully saturated rings. The van der Waals surface area contributed by atoms with Gasteiger partial charge in [0.15, 0.2) is 0 Å². The summed E-state index contributed by atoms with van der Waals surface area (Å²) in [5.41, 5.74) is 4.58. The minimum Gasteiger partial charge on any atom is -0.444 e. The number of piperazine rings is 1.